The summed E-state index contributed by atoms with van der Waals surface area (Å²) in [6.45, 7) is 4.78. The lowest BCUT2D eigenvalue weighted by molar-refractivity contribution is 0.0661. The molecule has 0 aliphatic heterocycles. The molecule has 0 amide bonds. The molecule has 4 nitrogen and oxygen atoms in total. The molecule has 1 fully saturated rings. The largest absolute Gasteiger partial charge is 0.475 e. The molecule has 1 saturated carbocycles. The molecule has 0 spiro atoms. The average Bonchev–Trinajstić information content (AvgIpc) is 2.70. The lowest BCUT2D eigenvalue weighted by Crippen LogP contribution is -2.36. The van der Waals surface area contributed by atoms with E-state index in [-0.39, 0.29) is 5.76 Å². The zero-order valence-corrected chi connectivity index (χ0v) is 11.0. The number of aromatic carboxylic acids is 1. The molecular weight excluding hydrogens is 230 g/mol. The van der Waals surface area contributed by atoms with Crippen molar-refractivity contribution in [3.63, 3.8) is 0 Å². The highest BCUT2D eigenvalue weighted by Gasteiger charge is 2.21. The Morgan fingerprint density at radius 3 is 2.83 bits per heavy atom. The maximum atomic E-state index is 10.8. The van der Waals surface area contributed by atoms with E-state index < -0.39 is 5.97 Å². The number of aryl methyl sites for hydroxylation is 1. The number of carbonyl (C=O) groups is 1. The minimum atomic E-state index is -1.00. The molecule has 18 heavy (non-hydrogen) atoms. The molecule has 2 unspecified atom stereocenters. The highest BCUT2D eigenvalue weighted by Crippen LogP contribution is 2.24. The van der Waals surface area contributed by atoms with E-state index in [1.54, 1.807) is 6.07 Å². The molecule has 1 aromatic heterocycles. The zero-order chi connectivity index (χ0) is 13.1. The van der Waals surface area contributed by atoms with Gasteiger partial charge in [-0.15, -0.1) is 0 Å². The van der Waals surface area contributed by atoms with Gasteiger partial charge in [-0.05, 0) is 31.7 Å². The fourth-order valence-corrected chi connectivity index (χ4v) is 2.66. The van der Waals surface area contributed by atoms with E-state index in [2.05, 4.69) is 12.2 Å². The van der Waals surface area contributed by atoms with Crippen molar-refractivity contribution in [2.45, 2.75) is 52.1 Å². The van der Waals surface area contributed by atoms with Gasteiger partial charge >= 0.3 is 5.97 Å². The predicted octanol–water partition coefficient (Wildman–Crippen LogP) is 2.95. The third kappa shape index (κ3) is 2.93. The Kier molecular flexibility index (Phi) is 4.07. The molecule has 2 rings (SSSR count). The molecule has 2 atom stereocenters. The van der Waals surface area contributed by atoms with Crippen LogP contribution in [0.15, 0.2) is 10.5 Å². The number of carboxylic acid groups (broad SMARTS) is 1. The minimum Gasteiger partial charge on any atom is -0.475 e. The van der Waals surface area contributed by atoms with E-state index >= 15 is 0 Å². The Morgan fingerprint density at radius 2 is 2.22 bits per heavy atom. The van der Waals surface area contributed by atoms with Crippen LogP contribution in [0.1, 0.15) is 54.5 Å². The summed E-state index contributed by atoms with van der Waals surface area (Å²) >= 11 is 0. The first-order chi connectivity index (χ1) is 8.58. The zero-order valence-electron chi connectivity index (χ0n) is 11.0. The van der Waals surface area contributed by atoms with Crippen molar-refractivity contribution in [1.29, 1.82) is 0 Å². The highest BCUT2D eigenvalue weighted by molar-refractivity contribution is 5.84. The monoisotopic (exact) mass is 251 g/mol. The van der Waals surface area contributed by atoms with Crippen molar-refractivity contribution in [1.82, 2.24) is 5.32 Å². The fourth-order valence-electron chi connectivity index (χ4n) is 2.66. The lowest BCUT2D eigenvalue weighted by Gasteiger charge is -2.29. The van der Waals surface area contributed by atoms with Gasteiger partial charge in [0.15, 0.2) is 0 Å². The van der Waals surface area contributed by atoms with Gasteiger partial charge in [-0.1, -0.05) is 19.8 Å². The van der Waals surface area contributed by atoms with E-state index in [1.165, 1.54) is 25.7 Å². The molecular formula is C14H21NO3. The van der Waals surface area contributed by atoms with Gasteiger partial charge in [0.25, 0.3) is 0 Å². The molecule has 1 aliphatic rings. The van der Waals surface area contributed by atoms with E-state index in [4.69, 9.17) is 9.52 Å². The normalized spacial score (nSPS) is 24.1. The predicted molar refractivity (Wildman–Crippen MR) is 68.7 cm³/mol. The van der Waals surface area contributed by atoms with Crippen LogP contribution in [0.3, 0.4) is 0 Å². The SMILES string of the molecule is Cc1oc(C(=O)O)cc1CNC1CCCCC1C. The summed E-state index contributed by atoms with van der Waals surface area (Å²) in [7, 11) is 0. The summed E-state index contributed by atoms with van der Waals surface area (Å²) < 4.78 is 5.20. The molecule has 2 N–H and O–H groups in total. The van der Waals surface area contributed by atoms with Crippen LogP contribution in [-0.4, -0.2) is 17.1 Å². The van der Waals surface area contributed by atoms with Crippen molar-refractivity contribution in [3.05, 3.63) is 23.2 Å². The Hall–Kier alpha value is -1.29. The van der Waals surface area contributed by atoms with Crippen LogP contribution in [0.25, 0.3) is 0 Å². The van der Waals surface area contributed by atoms with Gasteiger partial charge in [-0.3, -0.25) is 0 Å². The second-order valence-electron chi connectivity index (χ2n) is 5.25. The standard InChI is InChI=1S/C14H21NO3/c1-9-5-3-4-6-12(9)15-8-11-7-13(14(16)17)18-10(11)2/h7,9,12,15H,3-6,8H2,1-2H3,(H,16,17). The number of nitrogens with one attached hydrogen (secondary N) is 1. The van der Waals surface area contributed by atoms with Crippen molar-refractivity contribution in [2.24, 2.45) is 5.92 Å². The van der Waals surface area contributed by atoms with Crippen LogP contribution in [0.2, 0.25) is 0 Å². The smallest absolute Gasteiger partial charge is 0.371 e. The summed E-state index contributed by atoms with van der Waals surface area (Å²) in [5, 5.41) is 12.4. The number of furan rings is 1. The Balaban J connectivity index is 1.95. The number of hydrogen-bond acceptors (Lipinski definition) is 3. The maximum absolute atomic E-state index is 10.8. The number of hydrogen-bond donors (Lipinski definition) is 2. The second kappa shape index (κ2) is 5.57. The Labute approximate surface area is 107 Å². The van der Waals surface area contributed by atoms with Crippen molar-refractivity contribution >= 4 is 5.97 Å². The highest BCUT2D eigenvalue weighted by atomic mass is 16.4. The van der Waals surface area contributed by atoms with Gasteiger partial charge in [0, 0.05) is 18.2 Å². The van der Waals surface area contributed by atoms with Gasteiger partial charge in [0.05, 0.1) is 0 Å². The molecule has 0 radical (unpaired) electrons. The molecule has 4 heteroatoms. The third-order valence-corrected chi connectivity index (χ3v) is 3.90. The van der Waals surface area contributed by atoms with E-state index in [0.717, 1.165) is 5.56 Å². The van der Waals surface area contributed by atoms with E-state index in [0.29, 0.717) is 24.3 Å². The van der Waals surface area contributed by atoms with Crippen LogP contribution in [0, 0.1) is 12.8 Å². The van der Waals surface area contributed by atoms with Crippen LogP contribution in [-0.2, 0) is 6.54 Å². The summed E-state index contributed by atoms with van der Waals surface area (Å²) in [4.78, 5) is 10.8. The first-order valence-corrected chi connectivity index (χ1v) is 6.64. The van der Waals surface area contributed by atoms with Crippen LogP contribution in [0.4, 0.5) is 0 Å². The minimum absolute atomic E-state index is 0.0287. The fraction of sp³-hybridized carbons (Fsp3) is 0.643. The third-order valence-electron chi connectivity index (χ3n) is 3.90. The maximum Gasteiger partial charge on any atom is 0.371 e. The van der Waals surface area contributed by atoms with E-state index in [9.17, 15) is 4.79 Å². The summed E-state index contributed by atoms with van der Waals surface area (Å²) in [6.07, 6.45) is 5.10. The van der Waals surface area contributed by atoms with Gasteiger partial charge in [0.1, 0.15) is 5.76 Å². The molecule has 1 aromatic rings. The van der Waals surface area contributed by atoms with Gasteiger partial charge in [0.2, 0.25) is 5.76 Å². The van der Waals surface area contributed by atoms with Crippen molar-refractivity contribution < 1.29 is 14.3 Å². The summed E-state index contributed by atoms with van der Waals surface area (Å²) in [6, 6.07) is 2.17. The van der Waals surface area contributed by atoms with E-state index in [1.807, 2.05) is 6.92 Å². The number of carboxylic acids is 1. The van der Waals surface area contributed by atoms with Gasteiger partial charge in [-0.25, -0.2) is 4.79 Å². The van der Waals surface area contributed by atoms with Crippen LogP contribution >= 0.6 is 0 Å². The Bertz CT molecular complexity index is 425. The molecule has 1 aliphatic carbocycles. The lowest BCUT2D eigenvalue weighted by atomic mass is 9.86. The first kappa shape index (κ1) is 13.1. The molecule has 1 heterocycles. The summed E-state index contributed by atoms with van der Waals surface area (Å²) in [5.41, 5.74) is 0.949. The average molecular weight is 251 g/mol. The van der Waals surface area contributed by atoms with Crippen molar-refractivity contribution in [3.8, 4) is 0 Å². The van der Waals surface area contributed by atoms with Crippen molar-refractivity contribution in [2.75, 3.05) is 0 Å². The quantitative estimate of drug-likeness (QED) is 0.863. The Morgan fingerprint density at radius 1 is 1.50 bits per heavy atom. The molecule has 0 aromatic carbocycles. The topological polar surface area (TPSA) is 62.5 Å². The molecule has 0 bridgehead atoms. The second-order valence-corrected chi connectivity index (χ2v) is 5.25. The van der Waals surface area contributed by atoms with Crippen LogP contribution in [0.5, 0.6) is 0 Å². The molecule has 0 saturated heterocycles. The summed E-state index contributed by atoms with van der Waals surface area (Å²) in [5.74, 6) is 0.421. The van der Waals surface area contributed by atoms with Gasteiger partial charge in [-0.2, -0.15) is 0 Å². The first-order valence-electron chi connectivity index (χ1n) is 6.64. The number of rotatable bonds is 4. The van der Waals surface area contributed by atoms with Gasteiger partial charge < -0.3 is 14.8 Å². The van der Waals surface area contributed by atoms with Crippen LogP contribution < -0.4 is 5.32 Å². The molecule has 100 valence electrons.